The third-order valence-electron chi connectivity index (χ3n) is 4.18. The average Bonchev–Trinajstić information content (AvgIpc) is 2.50. The molecule has 0 heterocycles. The Balaban J connectivity index is 2.39. The van der Waals surface area contributed by atoms with Crippen LogP contribution in [0, 0.1) is 5.92 Å². The van der Waals surface area contributed by atoms with Gasteiger partial charge >= 0.3 is 7.60 Å². The standard InChI is InChI=1S/C17H26NO4P/c1-5-21-23(20,22-6-2)17(18(3)4)15-12-11-13-9-7-8-10-14(13)16(15)19/h7-10,15,17H,5-6,11-12H2,1-4H3/t15-,17+/m1/s1. The van der Waals surface area contributed by atoms with Gasteiger partial charge < -0.3 is 9.05 Å². The number of carbonyl (C=O) groups excluding carboxylic acids is 1. The zero-order valence-electron chi connectivity index (χ0n) is 14.3. The lowest BCUT2D eigenvalue weighted by Crippen LogP contribution is -2.42. The fourth-order valence-corrected chi connectivity index (χ4v) is 5.71. The van der Waals surface area contributed by atoms with E-state index in [-0.39, 0.29) is 11.7 Å². The minimum Gasteiger partial charge on any atom is -0.308 e. The summed E-state index contributed by atoms with van der Waals surface area (Å²) in [4.78, 5) is 14.8. The van der Waals surface area contributed by atoms with Gasteiger partial charge in [-0.1, -0.05) is 24.3 Å². The quantitative estimate of drug-likeness (QED) is 0.711. The highest BCUT2D eigenvalue weighted by Gasteiger charge is 2.47. The predicted octanol–water partition coefficient (Wildman–Crippen LogP) is 3.59. The molecule has 0 saturated carbocycles. The van der Waals surface area contributed by atoms with Gasteiger partial charge in [-0.05, 0) is 46.3 Å². The van der Waals surface area contributed by atoms with Gasteiger partial charge in [0.05, 0.1) is 13.2 Å². The average molecular weight is 339 g/mol. The number of hydrogen-bond acceptors (Lipinski definition) is 5. The summed E-state index contributed by atoms with van der Waals surface area (Å²) in [5.41, 5.74) is 1.80. The molecule has 0 spiro atoms. The third kappa shape index (κ3) is 3.74. The molecule has 0 amide bonds. The molecule has 2 rings (SSSR count). The highest BCUT2D eigenvalue weighted by Crippen LogP contribution is 2.57. The molecular weight excluding hydrogens is 313 g/mol. The number of nitrogens with zero attached hydrogens (tertiary/aromatic N) is 1. The largest absolute Gasteiger partial charge is 0.348 e. The van der Waals surface area contributed by atoms with Gasteiger partial charge in [0.1, 0.15) is 5.78 Å². The first-order chi connectivity index (χ1) is 10.9. The van der Waals surface area contributed by atoms with Crippen molar-refractivity contribution in [1.29, 1.82) is 0 Å². The lowest BCUT2D eigenvalue weighted by molar-refractivity contribution is 0.0818. The van der Waals surface area contributed by atoms with E-state index in [0.29, 0.717) is 19.6 Å². The van der Waals surface area contributed by atoms with E-state index < -0.39 is 13.4 Å². The molecule has 6 heteroatoms. The Morgan fingerprint density at radius 1 is 1.22 bits per heavy atom. The second kappa shape index (κ2) is 7.71. The van der Waals surface area contributed by atoms with Crippen LogP contribution in [0.2, 0.25) is 0 Å². The Bertz CT molecular complexity index is 592. The molecular formula is C17H26NO4P. The molecule has 1 aromatic rings. The number of ketones is 1. The molecule has 0 bridgehead atoms. The molecule has 1 aliphatic carbocycles. The maximum atomic E-state index is 13.3. The van der Waals surface area contributed by atoms with Gasteiger partial charge in [-0.2, -0.15) is 0 Å². The molecule has 0 aliphatic heterocycles. The summed E-state index contributed by atoms with van der Waals surface area (Å²) in [6.45, 7) is 4.16. The minimum atomic E-state index is -3.40. The first-order valence-electron chi connectivity index (χ1n) is 8.12. The number of carbonyl (C=O) groups is 1. The highest BCUT2D eigenvalue weighted by atomic mass is 31.2. The SMILES string of the molecule is CCOP(=O)(OCC)[C@@H]([C@@H]1CCc2ccccc2C1=O)N(C)C. The van der Waals surface area contributed by atoms with E-state index >= 15 is 0 Å². The Morgan fingerprint density at radius 3 is 2.39 bits per heavy atom. The van der Waals surface area contributed by atoms with Crippen molar-refractivity contribution in [1.82, 2.24) is 4.90 Å². The van der Waals surface area contributed by atoms with Crippen LogP contribution in [0.4, 0.5) is 0 Å². The van der Waals surface area contributed by atoms with Crippen LogP contribution in [0.3, 0.4) is 0 Å². The monoisotopic (exact) mass is 339 g/mol. The van der Waals surface area contributed by atoms with Gasteiger partial charge in [-0.3, -0.25) is 14.3 Å². The van der Waals surface area contributed by atoms with Crippen LogP contribution < -0.4 is 0 Å². The number of hydrogen-bond donors (Lipinski definition) is 0. The summed E-state index contributed by atoms with van der Waals surface area (Å²) in [5.74, 6) is -0.919. The number of aryl methyl sites for hydroxylation is 1. The topological polar surface area (TPSA) is 55.8 Å². The van der Waals surface area contributed by atoms with E-state index in [1.54, 1.807) is 13.8 Å². The van der Waals surface area contributed by atoms with E-state index in [1.807, 2.05) is 43.3 Å². The molecule has 0 fully saturated rings. The molecule has 0 saturated heterocycles. The van der Waals surface area contributed by atoms with Gasteiger partial charge in [-0.25, -0.2) is 0 Å². The first-order valence-corrected chi connectivity index (χ1v) is 9.73. The molecule has 0 N–H and O–H groups in total. The number of fused-ring (bicyclic) bond motifs is 1. The fraction of sp³-hybridized carbons (Fsp3) is 0.588. The van der Waals surface area contributed by atoms with Crippen LogP contribution in [0.25, 0.3) is 0 Å². The summed E-state index contributed by atoms with van der Waals surface area (Å²) in [6.07, 6.45) is 1.46. The normalized spacial score (nSPS) is 19.7. The lowest BCUT2D eigenvalue weighted by atomic mass is 9.82. The van der Waals surface area contributed by atoms with Crippen LogP contribution in [0.1, 0.15) is 36.2 Å². The van der Waals surface area contributed by atoms with E-state index in [2.05, 4.69) is 0 Å². The number of rotatable bonds is 7. The van der Waals surface area contributed by atoms with Crippen LogP contribution in [-0.2, 0) is 20.0 Å². The van der Waals surface area contributed by atoms with Crippen LogP contribution in [0.5, 0.6) is 0 Å². The van der Waals surface area contributed by atoms with Crippen molar-refractivity contribution in [2.75, 3.05) is 27.3 Å². The number of benzene rings is 1. The van der Waals surface area contributed by atoms with Crippen molar-refractivity contribution in [3.8, 4) is 0 Å². The van der Waals surface area contributed by atoms with Gasteiger partial charge in [0.15, 0.2) is 5.78 Å². The maximum Gasteiger partial charge on any atom is 0.348 e. The lowest BCUT2D eigenvalue weighted by Gasteiger charge is -2.37. The Kier molecular flexibility index (Phi) is 6.15. The summed E-state index contributed by atoms with van der Waals surface area (Å²) in [5, 5.41) is 0. The second-order valence-corrected chi connectivity index (χ2v) is 8.04. The smallest absolute Gasteiger partial charge is 0.308 e. The van der Waals surface area contributed by atoms with Crippen LogP contribution >= 0.6 is 7.60 Å². The van der Waals surface area contributed by atoms with Crippen molar-refractivity contribution in [3.63, 3.8) is 0 Å². The highest BCUT2D eigenvalue weighted by molar-refractivity contribution is 7.54. The predicted molar refractivity (Wildman–Crippen MR) is 90.9 cm³/mol. The molecule has 128 valence electrons. The van der Waals surface area contributed by atoms with E-state index in [9.17, 15) is 9.36 Å². The van der Waals surface area contributed by atoms with E-state index in [4.69, 9.17) is 9.05 Å². The Hall–Kier alpha value is -1.00. The zero-order chi connectivity index (χ0) is 17.0. The van der Waals surface area contributed by atoms with Crippen molar-refractivity contribution in [2.45, 2.75) is 32.5 Å². The van der Waals surface area contributed by atoms with Crippen LogP contribution in [-0.4, -0.2) is 43.8 Å². The Morgan fingerprint density at radius 2 is 1.83 bits per heavy atom. The van der Waals surface area contributed by atoms with Gasteiger partial charge in [0.25, 0.3) is 0 Å². The molecule has 1 aliphatic rings. The van der Waals surface area contributed by atoms with E-state index in [0.717, 1.165) is 17.5 Å². The molecule has 0 aromatic heterocycles. The van der Waals surface area contributed by atoms with Crippen molar-refractivity contribution in [2.24, 2.45) is 5.92 Å². The van der Waals surface area contributed by atoms with Gasteiger partial charge in [0.2, 0.25) is 0 Å². The van der Waals surface area contributed by atoms with Gasteiger partial charge in [0, 0.05) is 11.5 Å². The van der Waals surface area contributed by atoms with E-state index in [1.165, 1.54) is 0 Å². The molecule has 0 unspecified atom stereocenters. The molecule has 23 heavy (non-hydrogen) atoms. The van der Waals surface area contributed by atoms with Crippen molar-refractivity contribution < 1.29 is 18.4 Å². The summed E-state index contributed by atoms with van der Waals surface area (Å²) in [6, 6.07) is 7.65. The van der Waals surface area contributed by atoms with Crippen LogP contribution in [0.15, 0.2) is 24.3 Å². The minimum absolute atomic E-state index is 0.0326. The molecule has 1 aromatic carbocycles. The first kappa shape index (κ1) is 18.3. The van der Waals surface area contributed by atoms with Gasteiger partial charge in [-0.15, -0.1) is 0 Å². The molecule has 5 nitrogen and oxygen atoms in total. The zero-order valence-corrected chi connectivity index (χ0v) is 15.2. The summed E-state index contributed by atoms with van der Waals surface area (Å²) < 4.78 is 24.3. The van der Waals surface area contributed by atoms with Crippen molar-refractivity contribution in [3.05, 3.63) is 35.4 Å². The second-order valence-electron chi connectivity index (χ2n) is 5.92. The summed E-state index contributed by atoms with van der Waals surface area (Å²) >= 11 is 0. The molecule has 2 atom stereocenters. The number of Topliss-reactive ketones (excluding diaryl/α,β-unsaturated/α-hetero) is 1. The third-order valence-corrected chi connectivity index (χ3v) is 6.88. The summed E-state index contributed by atoms with van der Waals surface area (Å²) in [7, 11) is 0.247. The van der Waals surface area contributed by atoms with Crippen molar-refractivity contribution >= 4 is 13.4 Å². The molecule has 0 radical (unpaired) electrons. The maximum absolute atomic E-state index is 13.3. The Labute approximate surface area is 138 Å². The fourth-order valence-electron chi connectivity index (χ4n) is 3.32.